The molecule has 0 aromatic rings. The highest BCUT2D eigenvalue weighted by Crippen LogP contribution is 2.32. The predicted molar refractivity (Wildman–Crippen MR) is 40.4 cm³/mol. The van der Waals surface area contributed by atoms with Crippen LogP contribution in [0.3, 0.4) is 0 Å². The average molecular weight is 158 g/mol. The van der Waals surface area contributed by atoms with Crippen LogP contribution in [0.15, 0.2) is 0 Å². The molecule has 0 bridgehead atoms. The summed E-state index contributed by atoms with van der Waals surface area (Å²) in [5.41, 5.74) is -0.0237. The molecule has 0 amide bonds. The zero-order valence-corrected chi connectivity index (χ0v) is 6.80. The number of hydrogen-bond donors (Lipinski definition) is 1. The Bertz CT molecular complexity index is 147. The first kappa shape index (κ1) is 8.53. The minimum absolute atomic E-state index is 0.0237. The fourth-order valence-electron chi connectivity index (χ4n) is 1.41. The second-order valence-electron chi connectivity index (χ2n) is 3.49. The van der Waals surface area contributed by atoms with E-state index in [-0.39, 0.29) is 11.8 Å². The summed E-state index contributed by atoms with van der Waals surface area (Å²) in [6.45, 7) is 3.44. The van der Waals surface area contributed by atoms with Gasteiger partial charge in [-0.2, -0.15) is 0 Å². The highest BCUT2D eigenvalue weighted by Gasteiger charge is 2.29. The fraction of sp³-hybridized carbons (Fsp3) is 0.875. The number of carboxylic acids is 1. The first-order valence-electron chi connectivity index (χ1n) is 3.92. The van der Waals surface area contributed by atoms with Gasteiger partial charge in [-0.25, -0.2) is 0 Å². The molecule has 1 aliphatic heterocycles. The largest absolute Gasteiger partial charge is 0.481 e. The zero-order valence-electron chi connectivity index (χ0n) is 6.80. The SMILES string of the molecule is CC1(CC(=O)O)CCOCC1. The summed E-state index contributed by atoms with van der Waals surface area (Å²) in [6.07, 6.45) is 2.02. The van der Waals surface area contributed by atoms with Gasteiger partial charge in [-0.15, -0.1) is 0 Å². The van der Waals surface area contributed by atoms with Crippen molar-refractivity contribution in [3.63, 3.8) is 0 Å². The summed E-state index contributed by atoms with van der Waals surface area (Å²) in [4.78, 5) is 10.4. The van der Waals surface area contributed by atoms with Crippen molar-refractivity contribution in [3.8, 4) is 0 Å². The Balaban J connectivity index is 2.43. The molecule has 11 heavy (non-hydrogen) atoms. The molecular formula is C8H14O3. The van der Waals surface area contributed by atoms with Crippen LogP contribution in [0.2, 0.25) is 0 Å². The zero-order chi connectivity index (χ0) is 8.32. The van der Waals surface area contributed by atoms with E-state index in [4.69, 9.17) is 9.84 Å². The Labute approximate surface area is 66.4 Å². The van der Waals surface area contributed by atoms with Crippen LogP contribution in [0.5, 0.6) is 0 Å². The number of ether oxygens (including phenoxy) is 1. The first-order valence-corrected chi connectivity index (χ1v) is 3.92. The molecule has 0 unspecified atom stereocenters. The maximum Gasteiger partial charge on any atom is 0.303 e. The minimum Gasteiger partial charge on any atom is -0.481 e. The van der Waals surface area contributed by atoms with Crippen molar-refractivity contribution in [1.29, 1.82) is 0 Å². The fourth-order valence-corrected chi connectivity index (χ4v) is 1.41. The quantitative estimate of drug-likeness (QED) is 0.658. The van der Waals surface area contributed by atoms with Crippen LogP contribution in [0.4, 0.5) is 0 Å². The van der Waals surface area contributed by atoms with Gasteiger partial charge >= 0.3 is 5.97 Å². The maximum absolute atomic E-state index is 10.4. The Morgan fingerprint density at radius 2 is 2.09 bits per heavy atom. The highest BCUT2D eigenvalue weighted by atomic mass is 16.5. The lowest BCUT2D eigenvalue weighted by atomic mass is 9.79. The van der Waals surface area contributed by atoms with E-state index in [2.05, 4.69) is 0 Å². The number of carbonyl (C=O) groups is 1. The van der Waals surface area contributed by atoms with E-state index < -0.39 is 5.97 Å². The Hall–Kier alpha value is -0.570. The van der Waals surface area contributed by atoms with Gasteiger partial charge in [0.1, 0.15) is 0 Å². The molecule has 0 atom stereocenters. The van der Waals surface area contributed by atoms with Gasteiger partial charge in [0.05, 0.1) is 6.42 Å². The van der Waals surface area contributed by atoms with E-state index in [1.807, 2.05) is 6.92 Å². The third kappa shape index (κ3) is 2.50. The molecule has 1 fully saturated rings. The molecule has 0 aliphatic carbocycles. The van der Waals surface area contributed by atoms with Crippen LogP contribution in [0.1, 0.15) is 26.2 Å². The summed E-state index contributed by atoms with van der Waals surface area (Å²) in [7, 11) is 0. The minimum atomic E-state index is -0.700. The maximum atomic E-state index is 10.4. The van der Waals surface area contributed by atoms with Crippen LogP contribution in [0.25, 0.3) is 0 Å². The van der Waals surface area contributed by atoms with E-state index in [0.29, 0.717) is 13.2 Å². The monoisotopic (exact) mass is 158 g/mol. The van der Waals surface area contributed by atoms with Crippen molar-refractivity contribution in [2.45, 2.75) is 26.2 Å². The molecule has 64 valence electrons. The Kier molecular flexibility index (Phi) is 2.49. The topological polar surface area (TPSA) is 46.5 Å². The van der Waals surface area contributed by atoms with Gasteiger partial charge in [0.25, 0.3) is 0 Å². The molecule has 1 rings (SSSR count). The average Bonchev–Trinajstić information content (AvgIpc) is 1.85. The van der Waals surface area contributed by atoms with Crippen molar-refractivity contribution < 1.29 is 14.6 Å². The van der Waals surface area contributed by atoms with Crippen LogP contribution in [-0.4, -0.2) is 24.3 Å². The highest BCUT2D eigenvalue weighted by molar-refractivity contribution is 5.67. The molecule has 0 spiro atoms. The normalized spacial score (nSPS) is 23.0. The molecule has 1 heterocycles. The summed E-state index contributed by atoms with van der Waals surface area (Å²) in [6, 6.07) is 0. The van der Waals surface area contributed by atoms with E-state index in [1.54, 1.807) is 0 Å². The molecule has 3 heteroatoms. The van der Waals surface area contributed by atoms with E-state index in [1.165, 1.54) is 0 Å². The van der Waals surface area contributed by atoms with Crippen molar-refractivity contribution in [2.75, 3.05) is 13.2 Å². The van der Waals surface area contributed by atoms with Gasteiger partial charge in [-0.1, -0.05) is 6.92 Å². The van der Waals surface area contributed by atoms with Crippen LogP contribution < -0.4 is 0 Å². The summed E-state index contributed by atoms with van der Waals surface area (Å²) in [5, 5.41) is 8.59. The first-order chi connectivity index (χ1) is 5.12. The van der Waals surface area contributed by atoms with Crippen LogP contribution in [-0.2, 0) is 9.53 Å². The molecule has 1 saturated heterocycles. The smallest absolute Gasteiger partial charge is 0.303 e. The van der Waals surface area contributed by atoms with Gasteiger partial charge in [0.15, 0.2) is 0 Å². The van der Waals surface area contributed by atoms with Crippen molar-refractivity contribution in [3.05, 3.63) is 0 Å². The van der Waals surface area contributed by atoms with Gasteiger partial charge in [-0.05, 0) is 18.3 Å². The molecule has 1 aliphatic rings. The number of rotatable bonds is 2. The summed E-state index contributed by atoms with van der Waals surface area (Å²) in [5.74, 6) is -0.700. The third-order valence-corrected chi connectivity index (χ3v) is 2.28. The lowest BCUT2D eigenvalue weighted by Crippen LogP contribution is -2.28. The lowest BCUT2D eigenvalue weighted by molar-refractivity contribution is -0.141. The second-order valence-corrected chi connectivity index (χ2v) is 3.49. The van der Waals surface area contributed by atoms with E-state index in [9.17, 15) is 4.79 Å². The van der Waals surface area contributed by atoms with Gasteiger partial charge in [-0.3, -0.25) is 4.79 Å². The number of hydrogen-bond acceptors (Lipinski definition) is 2. The third-order valence-electron chi connectivity index (χ3n) is 2.28. The van der Waals surface area contributed by atoms with Crippen LogP contribution in [0, 0.1) is 5.41 Å². The predicted octanol–water partition coefficient (Wildman–Crippen LogP) is 1.28. The molecule has 0 radical (unpaired) electrons. The van der Waals surface area contributed by atoms with Crippen molar-refractivity contribution in [1.82, 2.24) is 0 Å². The number of aliphatic carboxylic acids is 1. The van der Waals surface area contributed by atoms with Crippen molar-refractivity contribution in [2.24, 2.45) is 5.41 Å². The summed E-state index contributed by atoms with van der Waals surface area (Å²) >= 11 is 0. The van der Waals surface area contributed by atoms with E-state index >= 15 is 0 Å². The molecule has 0 aromatic heterocycles. The molecule has 0 saturated carbocycles. The summed E-state index contributed by atoms with van der Waals surface area (Å²) < 4.78 is 5.15. The number of carboxylic acid groups (broad SMARTS) is 1. The van der Waals surface area contributed by atoms with Crippen molar-refractivity contribution >= 4 is 5.97 Å². The van der Waals surface area contributed by atoms with Crippen LogP contribution >= 0.6 is 0 Å². The van der Waals surface area contributed by atoms with E-state index in [0.717, 1.165) is 12.8 Å². The Morgan fingerprint density at radius 1 is 1.55 bits per heavy atom. The molecule has 1 N–H and O–H groups in total. The lowest BCUT2D eigenvalue weighted by Gasteiger charge is -2.31. The Morgan fingerprint density at radius 3 is 2.55 bits per heavy atom. The molecule has 0 aromatic carbocycles. The molecule has 3 nitrogen and oxygen atoms in total. The van der Waals surface area contributed by atoms with Gasteiger partial charge in [0.2, 0.25) is 0 Å². The molecular weight excluding hydrogens is 144 g/mol. The van der Waals surface area contributed by atoms with Gasteiger partial charge in [0, 0.05) is 13.2 Å². The van der Waals surface area contributed by atoms with Gasteiger partial charge < -0.3 is 9.84 Å². The standard InChI is InChI=1S/C8H14O3/c1-8(6-7(9)10)2-4-11-5-3-8/h2-6H2,1H3,(H,9,10). The second kappa shape index (κ2) is 3.22.